The van der Waals surface area contributed by atoms with Gasteiger partial charge in [0.05, 0.1) is 5.52 Å². The van der Waals surface area contributed by atoms with E-state index in [4.69, 9.17) is 4.98 Å². The van der Waals surface area contributed by atoms with Gasteiger partial charge in [-0.1, -0.05) is 96.1 Å². The van der Waals surface area contributed by atoms with Crippen LogP contribution in [0, 0.1) is 26.0 Å². The minimum absolute atomic E-state index is 0. The molecule has 0 amide bonds. The van der Waals surface area contributed by atoms with Crippen LogP contribution in [0.15, 0.2) is 164 Å². The van der Waals surface area contributed by atoms with Gasteiger partial charge in [0.15, 0.2) is 0 Å². The zero-order chi connectivity index (χ0) is 32.7. The molecule has 0 saturated carbocycles. The molecule has 0 aliphatic rings. The monoisotopic (exact) mass is 808 g/mol. The van der Waals surface area contributed by atoms with Crippen molar-refractivity contribution >= 4 is 10.9 Å². The number of rotatable bonds is 5. The van der Waals surface area contributed by atoms with Crippen LogP contribution in [0.3, 0.4) is 0 Å². The van der Waals surface area contributed by atoms with Gasteiger partial charge in [-0.15, -0.1) is 65.7 Å². The largest absolute Gasteiger partial charge is 0.305 e. The van der Waals surface area contributed by atoms with Crippen molar-refractivity contribution in [1.82, 2.24) is 15.0 Å². The Bertz CT molecular complexity index is 2300. The Balaban J connectivity index is 0.000000250. The molecular formula is C45H33IrN3-2. The normalized spacial score (nSPS) is 10.5. The smallest absolute Gasteiger partial charge is 0.0770 e. The molecule has 3 aromatic heterocycles. The van der Waals surface area contributed by atoms with Crippen molar-refractivity contribution in [2.75, 3.05) is 0 Å². The molecule has 3 nitrogen and oxygen atoms in total. The second-order valence-electron chi connectivity index (χ2n) is 11.6. The van der Waals surface area contributed by atoms with Crippen LogP contribution in [0.1, 0.15) is 11.1 Å². The van der Waals surface area contributed by atoms with E-state index >= 15 is 0 Å². The summed E-state index contributed by atoms with van der Waals surface area (Å²) in [5.41, 5.74) is 14.5. The second kappa shape index (κ2) is 15.6. The molecule has 49 heavy (non-hydrogen) atoms. The van der Waals surface area contributed by atoms with Gasteiger partial charge < -0.3 is 9.97 Å². The van der Waals surface area contributed by atoms with Gasteiger partial charge >= 0.3 is 0 Å². The standard InChI is InChI=1S/C33H23N2.C12H10N.Ir/c1-23-27(24-10-3-2-4-11-24)14-8-15-28(23)30-19-18-29(33-31(30)16-9-21-35-33)25-12-7-13-26(22-25)32-17-5-6-20-34-32;1-10-7-8-13-12(9-10)11-5-3-2-4-6-11;/h2-12,14-22H,1H3;2-5,7-9H,1H3;/q2*-1;. The Morgan fingerprint density at radius 1 is 0.449 bits per heavy atom. The Morgan fingerprint density at radius 2 is 1.20 bits per heavy atom. The number of hydrogen-bond donors (Lipinski definition) is 0. The molecule has 8 aromatic rings. The van der Waals surface area contributed by atoms with E-state index < -0.39 is 0 Å². The molecule has 1 radical (unpaired) electrons. The molecule has 0 unspecified atom stereocenters. The van der Waals surface area contributed by atoms with E-state index in [9.17, 15) is 0 Å². The summed E-state index contributed by atoms with van der Waals surface area (Å²) in [5.74, 6) is 0. The third kappa shape index (κ3) is 7.47. The Hall–Kier alpha value is -5.54. The number of benzene rings is 5. The number of hydrogen-bond acceptors (Lipinski definition) is 3. The van der Waals surface area contributed by atoms with Gasteiger partial charge in [-0.05, 0) is 76.8 Å². The van der Waals surface area contributed by atoms with Crippen molar-refractivity contribution < 1.29 is 20.1 Å². The maximum absolute atomic E-state index is 4.83. The second-order valence-corrected chi connectivity index (χ2v) is 11.6. The summed E-state index contributed by atoms with van der Waals surface area (Å²) in [6.07, 6.45) is 5.51. The summed E-state index contributed by atoms with van der Waals surface area (Å²) in [6, 6.07) is 56.3. The molecule has 8 rings (SSSR count). The summed E-state index contributed by atoms with van der Waals surface area (Å²) < 4.78 is 0. The molecule has 3 heterocycles. The van der Waals surface area contributed by atoms with Crippen molar-refractivity contribution in [3.8, 4) is 55.9 Å². The molecule has 0 spiro atoms. The maximum Gasteiger partial charge on any atom is 0.0770 e. The number of aryl methyl sites for hydroxylation is 1. The van der Waals surface area contributed by atoms with Crippen LogP contribution >= 0.6 is 0 Å². The number of nitrogens with zero attached hydrogens (tertiary/aromatic N) is 3. The van der Waals surface area contributed by atoms with Crippen molar-refractivity contribution in [3.05, 3.63) is 187 Å². The van der Waals surface area contributed by atoms with Crippen LogP contribution in [-0.2, 0) is 20.1 Å². The van der Waals surface area contributed by atoms with Gasteiger partial charge in [0.1, 0.15) is 0 Å². The topological polar surface area (TPSA) is 38.7 Å². The summed E-state index contributed by atoms with van der Waals surface area (Å²) in [6.45, 7) is 4.27. The van der Waals surface area contributed by atoms with E-state index in [1.54, 1.807) is 0 Å². The van der Waals surface area contributed by atoms with E-state index in [0.29, 0.717) is 0 Å². The third-order valence-electron chi connectivity index (χ3n) is 8.43. The molecule has 239 valence electrons. The average Bonchev–Trinajstić information content (AvgIpc) is 3.16. The Morgan fingerprint density at radius 3 is 2.00 bits per heavy atom. The Labute approximate surface area is 301 Å². The van der Waals surface area contributed by atoms with Crippen LogP contribution in [0.2, 0.25) is 0 Å². The van der Waals surface area contributed by atoms with Gasteiger partial charge in [0.2, 0.25) is 0 Å². The molecule has 0 N–H and O–H groups in total. The first-order chi connectivity index (χ1) is 23.7. The average molecular weight is 808 g/mol. The van der Waals surface area contributed by atoms with Crippen LogP contribution in [-0.4, -0.2) is 15.0 Å². The Kier molecular flexibility index (Phi) is 10.6. The quantitative estimate of drug-likeness (QED) is 0.163. The van der Waals surface area contributed by atoms with Crippen LogP contribution in [0.5, 0.6) is 0 Å². The van der Waals surface area contributed by atoms with E-state index in [0.717, 1.165) is 44.5 Å². The minimum Gasteiger partial charge on any atom is -0.305 e. The van der Waals surface area contributed by atoms with Crippen molar-refractivity contribution in [2.45, 2.75) is 13.8 Å². The molecular weight excluding hydrogens is 775 g/mol. The fraction of sp³-hybridized carbons (Fsp3) is 0.0444. The van der Waals surface area contributed by atoms with Crippen LogP contribution < -0.4 is 0 Å². The summed E-state index contributed by atoms with van der Waals surface area (Å²) >= 11 is 0. The minimum atomic E-state index is 0. The molecule has 0 atom stereocenters. The van der Waals surface area contributed by atoms with Crippen molar-refractivity contribution in [1.29, 1.82) is 0 Å². The molecule has 0 fully saturated rings. The SMILES string of the molecule is Cc1c(-c2ccccc2)cccc1-c1ccc(-c2cc[c-]c(-c3ccccn3)c2)c2ncccc12.Cc1ccnc(-c2[c-]cccc2)c1.[Ir]. The molecule has 0 bridgehead atoms. The van der Waals surface area contributed by atoms with Crippen molar-refractivity contribution in [3.63, 3.8) is 0 Å². The first-order valence-electron chi connectivity index (χ1n) is 16.0. The van der Waals surface area contributed by atoms with Gasteiger partial charge in [-0.25, -0.2) is 0 Å². The van der Waals surface area contributed by atoms with E-state index in [-0.39, 0.29) is 20.1 Å². The molecule has 0 saturated heterocycles. The fourth-order valence-electron chi connectivity index (χ4n) is 6.04. The number of aromatic nitrogens is 3. The van der Waals surface area contributed by atoms with Crippen LogP contribution in [0.25, 0.3) is 66.8 Å². The molecule has 0 aliphatic heterocycles. The van der Waals surface area contributed by atoms with E-state index in [1.165, 1.54) is 33.4 Å². The molecule has 0 aliphatic carbocycles. The van der Waals surface area contributed by atoms with Gasteiger partial charge in [-0.3, -0.25) is 4.98 Å². The van der Waals surface area contributed by atoms with Crippen LogP contribution in [0.4, 0.5) is 0 Å². The van der Waals surface area contributed by atoms with Crippen molar-refractivity contribution in [2.24, 2.45) is 0 Å². The number of pyridine rings is 3. The molecule has 5 aromatic carbocycles. The summed E-state index contributed by atoms with van der Waals surface area (Å²) in [4.78, 5) is 13.6. The fourth-order valence-corrected chi connectivity index (χ4v) is 6.04. The van der Waals surface area contributed by atoms with Gasteiger partial charge in [0, 0.05) is 44.1 Å². The van der Waals surface area contributed by atoms with Gasteiger partial charge in [-0.2, -0.15) is 0 Å². The zero-order valence-corrected chi connectivity index (χ0v) is 29.7. The first kappa shape index (κ1) is 33.4. The maximum atomic E-state index is 4.83. The summed E-state index contributed by atoms with van der Waals surface area (Å²) in [7, 11) is 0. The first-order valence-corrected chi connectivity index (χ1v) is 16.0. The zero-order valence-electron chi connectivity index (χ0n) is 27.3. The predicted octanol–water partition coefficient (Wildman–Crippen LogP) is 11.3. The third-order valence-corrected chi connectivity index (χ3v) is 8.43. The number of fused-ring (bicyclic) bond motifs is 1. The predicted molar refractivity (Wildman–Crippen MR) is 198 cm³/mol. The van der Waals surface area contributed by atoms with Gasteiger partial charge in [0.25, 0.3) is 0 Å². The summed E-state index contributed by atoms with van der Waals surface area (Å²) in [5, 5.41) is 1.14. The molecule has 4 heteroatoms. The van der Waals surface area contributed by atoms with E-state index in [2.05, 4.69) is 121 Å². The van der Waals surface area contributed by atoms with E-state index in [1.807, 2.05) is 79.3 Å².